The van der Waals surface area contributed by atoms with Gasteiger partial charge in [0.25, 0.3) is 5.91 Å². The normalized spacial score (nSPS) is 11.1. The maximum Gasteiger partial charge on any atom is 0.250 e. The summed E-state index contributed by atoms with van der Waals surface area (Å²) in [5.41, 5.74) is 6.43. The zero-order valence-electron chi connectivity index (χ0n) is 14.1. The van der Waals surface area contributed by atoms with Crippen LogP contribution in [0, 0.1) is 0 Å². The Kier molecular flexibility index (Phi) is 5.35. The minimum Gasteiger partial charge on any atom is -0.378 e. The molecule has 128 valence electrons. The average molecular weight is 353 g/mol. The van der Waals surface area contributed by atoms with E-state index in [9.17, 15) is 4.79 Å². The highest BCUT2D eigenvalue weighted by Gasteiger charge is 2.06. The molecule has 0 aliphatic carbocycles. The molecule has 3 aromatic rings. The Bertz CT molecular complexity index is 853. The van der Waals surface area contributed by atoms with E-state index in [1.54, 1.807) is 6.21 Å². The van der Waals surface area contributed by atoms with Crippen molar-refractivity contribution in [2.24, 2.45) is 5.10 Å². The molecule has 6 nitrogen and oxygen atoms in total. The first-order valence-electron chi connectivity index (χ1n) is 7.78. The van der Waals surface area contributed by atoms with Gasteiger partial charge >= 0.3 is 0 Å². The van der Waals surface area contributed by atoms with Crippen LogP contribution in [0.1, 0.15) is 5.56 Å². The fourth-order valence-corrected chi connectivity index (χ4v) is 2.88. The third-order valence-electron chi connectivity index (χ3n) is 3.52. The lowest BCUT2D eigenvalue weighted by molar-refractivity contribution is -0.118. The van der Waals surface area contributed by atoms with Gasteiger partial charge in [0.15, 0.2) is 5.16 Å². The number of fused-ring (bicyclic) bond motifs is 1. The molecule has 0 aliphatic rings. The van der Waals surface area contributed by atoms with Gasteiger partial charge in [0.2, 0.25) is 0 Å². The van der Waals surface area contributed by atoms with Crippen LogP contribution >= 0.6 is 11.8 Å². The van der Waals surface area contributed by atoms with Crippen LogP contribution in [0.15, 0.2) is 58.8 Å². The zero-order valence-corrected chi connectivity index (χ0v) is 14.9. The number of anilines is 1. The van der Waals surface area contributed by atoms with Crippen LogP contribution in [-0.4, -0.2) is 41.9 Å². The van der Waals surface area contributed by atoms with Gasteiger partial charge in [-0.15, -0.1) is 0 Å². The van der Waals surface area contributed by atoms with Crippen LogP contribution in [0.3, 0.4) is 0 Å². The minimum atomic E-state index is -0.174. The second-order valence-corrected chi connectivity index (χ2v) is 6.59. The average Bonchev–Trinajstić information content (AvgIpc) is 3.03. The summed E-state index contributed by atoms with van der Waals surface area (Å²) in [7, 11) is 3.98. The molecule has 0 spiro atoms. The lowest BCUT2D eigenvalue weighted by atomic mass is 10.2. The van der Waals surface area contributed by atoms with Crippen molar-refractivity contribution in [3.8, 4) is 0 Å². The lowest BCUT2D eigenvalue weighted by Gasteiger charge is -2.11. The second kappa shape index (κ2) is 7.85. The van der Waals surface area contributed by atoms with Gasteiger partial charge in [-0.2, -0.15) is 5.10 Å². The Hall–Kier alpha value is -2.80. The molecule has 0 aliphatic heterocycles. The number of thioether (sulfide) groups is 1. The number of hydrogen-bond donors (Lipinski definition) is 2. The Morgan fingerprint density at radius 2 is 2.00 bits per heavy atom. The summed E-state index contributed by atoms with van der Waals surface area (Å²) < 4.78 is 0. The van der Waals surface area contributed by atoms with Gasteiger partial charge in [-0.05, 0) is 29.8 Å². The molecule has 3 rings (SSSR count). The third kappa shape index (κ3) is 4.60. The summed E-state index contributed by atoms with van der Waals surface area (Å²) in [6.45, 7) is 0. The van der Waals surface area contributed by atoms with Crippen LogP contribution < -0.4 is 10.3 Å². The highest BCUT2D eigenvalue weighted by molar-refractivity contribution is 7.99. The van der Waals surface area contributed by atoms with Crippen LogP contribution in [0.4, 0.5) is 5.69 Å². The number of aromatic amines is 1. The van der Waals surface area contributed by atoms with Gasteiger partial charge in [0.1, 0.15) is 0 Å². The molecule has 1 heterocycles. The maximum absolute atomic E-state index is 11.9. The first kappa shape index (κ1) is 17.0. The van der Waals surface area contributed by atoms with Gasteiger partial charge in [0.05, 0.1) is 23.0 Å². The zero-order chi connectivity index (χ0) is 17.6. The lowest BCUT2D eigenvalue weighted by Crippen LogP contribution is -2.19. The monoisotopic (exact) mass is 353 g/mol. The summed E-state index contributed by atoms with van der Waals surface area (Å²) in [6, 6.07) is 15.7. The number of benzene rings is 2. The Morgan fingerprint density at radius 3 is 2.72 bits per heavy atom. The molecule has 25 heavy (non-hydrogen) atoms. The van der Waals surface area contributed by atoms with E-state index >= 15 is 0 Å². The van der Waals surface area contributed by atoms with Crippen LogP contribution in [-0.2, 0) is 4.79 Å². The Labute approximate surface area is 150 Å². The fraction of sp³-hybridized carbons (Fsp3) is 0.167. The van der Waals surface area contributed by atoms with Crippen LogP contribution in [0.5, 0.6) is 0 Å². The molecule has 0 bridgehead atoms. The highest BCUT2D eigenvalue weighted by atomic mass is 32.2. The highest BCUT2D eigenvalue weighted by Crippen LogP contribution is 2.18. The van der Waals surface area contributed by atoms with E-state index in [1.807, 2.05) is 67.5 Å². The van der Waals surface area contributed by atoms with Gasteiger partial charge in [-0.25, -0.2) is 10.4 Å². The van der Waals surface area contributed by atoms with Crippen molar-refractivity contribution in [1.82, 2.24) is 15.4 Å². The summed E-state index contributed by atoms with van der Waals surface area (Å²) in [6.07, 6.45) is 1.63. The number of para-hydroxylation sites is 2. The van der Waals surface area contributed by atoms with Crippen molar-refractivity contribution < 1.29 is 4.79 Å². The predicted molar refractivity (Wildman–Crippen MR) is 103 cm³/mol. The van der Waals surface area contributed by atoms with Crippen molar-refractivity contribution in [3.63, 3.8) is 0 Å². The fourth-order valence-electron chi connectivity index (χ4n) is 2.20. The van der Waals surface area contributed by atoms with Crippen molar-refractivity contribution in [3.05, 3.63) is 54.1 Å². The molecule has 7 heteroatoms. The maximum atomic E-state index is 11.9. The van der Waals surface area contributed by atoms with Gasteiger partial charge < -0.3 is 9.88 Å². The standard InChI is InChI=1S/C18H19N5OS/c1-23(2)14-9-7-13(8-10-14)11-19-22-17(24)12-25-18-20-15-5-3-4-6-16(15)21-18/h3-11H,12H2,1-2H3,(H,20,21)(H,22,24)/b19-11-. The number of imidazole rings is 1. The molecule has 0 radical (unpaired) electrons. The minimum absolute atomic E-state index is 0.174. The third-order valence-corrected chi connectivity index (χ3v) is 4.39. The van der Waals surface area contributed by atoms with Crippen LogP contribution in [0.2, 0.25) is 0 Å². The molecule has 0 saturated carbocycles. The number of hydrazone groups is 1. The molecule has 1 amide bonds. The number of aromatic nitrogens is 2. The van der Waals surface area contributed by atoms with E-state index in [-0.39, 0.29) is 11.7 Å². The molecular formula is C18H19N5OS. The van der Waals surface area contributed by atoms with Crippen molar-refractivity contribution >= 4 is 40.6 Å². The van der Waals surface area contributed by atoms with Crippen molar-refractivity contribution in [2.75, 3.05) is 24.7 Å². The van der Waals surface area contributed by atoms with Crippen LogP contribution in [0.25, 0.3) is 11.0 Å². The molecule has 0 saturated heterocycles. The molecule has 0 atom stereocenters. The summed E-state index contributed by atoms with van der Waals surface area (Å²) >= 11 is 1.35. The van der Waals surface area contributed by atoms with E-state index in [4.69, 9.17) is 0 Å². The van der Waals surface area contributed by atoms with E-state index in [0.29, 0.717) is 0 Å². The van der Waals surface area contributed by atoms with Gasteiger partial charge in [-0.1, -0.05) is 36.0 Å². The number of carbonyl (C=O) groups is 1. The number of amides is 1. The smallest absolute Gasteiger partial charge is 0.250 e. The number of nitrogens with one attached hydrogen (secondary N) is 2. The Balaban J connectivity index is 1.48. The SMILES string of the molecule is CN(C)c1ccc(/C=N\NC(=O)CSc2nc3ccccc3[nH]2)cc1. The molecule has 2 aromatic carbocycles. The van der Waals surface area contributed by atoms with Gasteiger partial charge in [0, 0.05) is 19.8 Å². The molecular weight excluding hydrogens is 334 g/mol. The molecule has 0 unspecified atom stereocenters. The molecule has 1 aromatic heterocycles. The number of H-pyrrole nitrogens is 1. The predicted octanol–water partition coefficient (Wildman–Crippen LogP) is 2.87. The van der Waals surface area contributed by atoms with E-state index < -0.39 is 0 Å². The quantitative estimate of drug-likeness (QED) is 0.406. The Morgan fingerprint density at radius 1 is 1.24 bits per heavy atom. The first-order chi connectivity index (χ1) is 12.1. The number of nitrogens with zero attached hydrogens (tertiary/aromatic N) is 3. The second-order valence-electron chi connectivity index (χ2n) is 5.63. The van der Waals surface area contributed by atoms with E-state index in [2.05, 4.69) is 20.5 Å². The summed E-state index contributed by atoms with van der Waals surface area (Å²) in [4.78, 5) is 21.5. The number of carbonyl (C=O) groups excluding carboxylic acids is 1. The van der Waals surface area contributed by atoms with Gasteiger partial charge in [-0.3, -0.25) is 4.79 Å². The molecule has 0 fully saturated rings. The number of rotatable bonds is 6. The van der Waals surface area contributed by atoms with E-state index in [0.717, 1.165) is 27.4 Å². The number of hydrogen-bond acceptors (Lipinski definition) is 5. The summed E-state index contributed by atoms with van der Waals surface area (Å²) in [5.74, 6) is 0.0723. The van der Waals surface area contributed by atoms with Crippen molar-refractivity contribution in [2.45, 2.75) is 5.16 Å². The van der Waals surface area contributed by atoms with Crippen molar-refractivity contribution in [1.29, 1.82) is 0 Å². The first-order valence-corrected chi connectivity index (χ1v) is 8.77. The largest absolute Gasteiger partial charge is 0.378 e. The molecule has 2 N–H and O–H groups in total. The summed E-state index contributed by atoms with van der Waals surface area (Å²) in [5, 5.41) is 4.71. The topological polar surface area (TPSA) is 73.4 Å². The van der Waals surface area contributed by atoms with E-state index in [1.165, 1.54) is 11.8 Å².